The number of amides is 1. The monoisotopic (exact) mass is 347 g/mol. The second-order valence-electron chi connectivity index (χ2n) is 6.58. The highest BCUT2D eigenvalue weighted by molar-refractivity contribution is 7.80. The van der Waals surface area contributed by atoms with Gasteiger partial charge in [-0.15, -0.1) is 0 Å². The summed E-state index contributed by atoms with van der Waals surface area (Å²) in [6.07, 6.45) is 4.25. The zero-order valence-electron chi connectivity index (χ0n) is 15.0. The van der Waals surface area contributed by atoms with Gasteiger partial charge in [0, 0.05) is 38.3 Å². The molecule has 1 saturated heterocycles. The van der Waals surface area contributed by atoms with Crippen molar-refractivity contribution in [1.82, 2.24) is 9.80 Å². The first-order valence-corrected chi connectivity index (χ1v) is 9.32. The van der Waals surface area contributed by atoms with Crippen LogP contribution in [0.4, 0.5) is 5.69 Å². The molecule has 1 fully saturated rings. The summed E-state index contributed by atoms with van der Waals surface area (Å²) < 4.78 is 0. The molecule has 0 aromatic heterocycles. The van der Waals surface area contributed by atoms with Crippen LogP contribution in [0.5, 0.6) is 0 Å². The molecule has 1 aliphatic heterocycles. The molecule has 0 saturated carbocycles. The molecule has 1 aromatic carbocycles. The van der Waals surface area contributed by atoms with Crippen LogP contribution < -0.4 is 5.32 Å². The SMILES string of the molecule is CCCCN(C(=S)Nc1ccc(C)cc1)C1CCN(C(C)=O)CC1. The molecule has 0 unspecified atom stereocenters. The van der Waals surface area contributed by atoms with Crippen molar-refractivity contribution in [2.45, 2.75) is 52.5 Å². The molecule has 1 amide bonds. The van der Waals surface area contributed by atoms with E-state index in [2.05, 4.69) is 48.3 Å². The predicted molar refractivity (Wildman–Crippen MR) is 104 cm³/mol. The van der Waals surface area contributed by atoms with E-state index in [0.717, 1.165) is 56.1 Å². The number of thiocarbonyl (C=S) groups is 1. The quantitative estimate of drug-likeness (QED) is 0.822. The number of hydrogen-bond acceptors (Lipinski definition) is 2. The maximum atomic E-state index is 11.5. The Labute approximate surface area is 151 Å². The van der Waals surface area contributed by atoms with Crippen LogP contribution in [-0.2, 0) is 4.79 Å². The van der Waals surface area contributed by atoms with E-state index in [-0.39, 0.29) is 5.91 Å². The van der Waals surface area contributed by atoms with Crippen molar-refractivity contribution < 1.29 is 4.79 Å². The van der Waals surface area contributed by atoms with Crippen molar-refractivity contribution in [3.8, 4) is 0 Å². The molecule has 1 aliphatic rings. The summed E-state index contributed by atoms with van der Waals surface area (Å²) in [5.74, 6) is 0.175. The topological polar surface area (TPSA) is 35.6 Å². The lowest BCUT2D eigenvalue weighted by Crippen LogP contribution is -2.49. The Bertz CT molecular complexity index is 550. The maximum absolute atomic E-state index is 11.5. The first kappa shape index (κ1) is 18.7. The number of piperidine rings is 1. The minimum Gasteiger partial charge on any atom is -0.346 e. The Morgan fingerprint density at radius 1 is 1.29 bits per heavy atom. The van der Waals surface area contributed by atoms with Gasteiger partial charge in [-0.1, -0.05) is 31.0 Å². The van der Waals surface area contributed by atoms with Crippen molar-refractivity contribution >= 4 is 28.9 Å². The summed E-state index contributed by atoms with van der Waals surface area (Å²) in [7, 11) is 0. The van der Waals surface area contributed by atoms with Gasteiger partial charge in [0.15, 0.2) is 5.11 Å². The van der Waals surface area contributed by atoms with E-state index < -0.39 is 0 Å². The van der Waals surface area contributed by atoms with Crippen molar-refractivity contribution in [2.24, 2.45) is 0 Å². The number of aryl methyl sites for hydroxylation is 1. The molecule has 1 heterocycles. The van der Waals surface area contributed by atoms with E-state index in [1.54, 1.807) is 6.92 Å². The van der Waals surface area contributed by atoms with E-state index in [1.807, 2.05) is 4.90 Å². The van der Waals surface area contributed by atoms with E-state index in [9.17, 15) is 4.79 Å². The Kier molecular flexibility index (Phi) is 7.03. The van der Waals surface area contributed by atoms with Gasteiger partial charge in [0.2, 0.25) is 5.91 Å². The van der Waals surface area contributed by atoms with Crippen LogP contribution in [0, 0.1) is 6.92 Å². The number of nitrogens with zero attached hydrogens (tertiary/aromatic N) is 2. The molecule has 1 aromatic rings. The van der Waals surface area contributed by atoms with Crippen molar-refractivity contribution in [3.63, 3.8) is 0 Å². The Hall–Kier alpha value is -1.62. The fourth-order valence-corrected chi connectivity index (χ4v) is 3.46. The van der Waals surface area contributed by atoms with Gasteiger partial charge in [0.05, 0.1) is 0 Å². The lowest BCUT2D eigenvalue weighted by Gasteiger charge is -2.39. The van der Waals surface area contributed by atoms with Gasteiger partial charge in [-0.3, -0.25) is 4.79 Å². The standard InChI is InChI=1S/C19H29N3OS/c1-4-5-12-22(18-10-13-21(14-11-18)16(3)23)19(24)20-17-8-6-15(2)7-9-17/h6-9,18H,4-5,10-14H2,1-3H3,(H,20,24). The molecule has 4 nitrogen and oxygen atoms in total. The predicted octanol–water partition coefficient (Wildman–Crippen LogP) is 3.80. The number of unbranched alkanes of at least 4 members (excludes halogenated alkanes) is 1. The summed E-state index contributed by atoms with van der Waals surface area (Å²) in [5, 5.41) is 4.19. The molecule has 132 valence electrons. The van der Waals surface area contributed by atoms with Crippen LogP contribution >= 0.6 is 12.2 Å². The third-order valence-corrected chi connectivity index (χ3v) is 5.00. The average molecular weight is 348 g/mol. The van der Waals surface area contributed by atoms with Crippen LogP contribution in [-0.4, -0.2) is 46.5 Å². The van der Waals surface area contributed by atoms with Crippen molar-refractivity contribution in [1.29, 1.82) is 0 Å². The summed E-state index contributed by atoms with van der Waals surface area (Å²) in [4.78, 5) is 15.8. The first-order chi connectivity index (χ1) is 11.5. The second-order valence-corrected chi connectivity index (χ2v) is 6.97. The van der Waals surface area contributed by atoms with Gasteiger partial charge in [-0.2, -0.15) is 0 Å². The van der Waals surface area contributed by atoms with E-state index >= 15 is 0 Å². The summed E-state index contributed by atoms with van der Waals surface area (Å²) in [5.41, 5.74) is 2.28. The molecule has 0 atom stereocenters. The van der Waals surface area contributed by atoms with Crippen LogP contribution in [0.15, 0.2) is 24.3 Å². The van der Waals surface area contributed by atoms with Crippen molar-refractivity contribution in [2.75, 3.05) is 25.0 Å². The number of benzene rings is 1. The van der Waals surface area contributed by atoms with Gasteiger partial charge < -0.3 is 15.1 Å². The molecule has 1 N–H and O–H groups in total. The van der Waals surface area contributed by atoms with Crippen LogP contribution in [0.2, 0.25) is 0 Å². The van der Waals surface area contributed by atoms with Crippen LogP contribution in [0.1, 0.15) is 45.1 Å². The fourth-order valence-electron chi connectivity index (χ4n) is 3.10. The number of carbonyl (C=O) groups excluding carboxylic acids is 1. The van der Waals surface area contributed by atoms with Gasteiger partial charge >= 0.3 is 0 Å². The molecular formula is C19H29N3OS. The zero-order chi connectivity index (χ0) is 17.5. The Balaban J connectivity index is 2.00. The molecule has 2 rings (SSSR count). The molecule has 0 aliphatic carbocycles. The number of nitrogens with one attached hydrogen (secondary N) is 1. The third kappa shape index (κ3) is 5.20. The van der Waals surface area contributed by atoms with Gasteiger partial charge in [-0.05, 0) is 50.5 Å². The Morgan fingerprint density at radius 2 is 1.92 bits per heavy atom. The number of likely N-dealkylation sites (tertiary alicyclic amines) is 1. The average Bonchev–Trinajstić information content (AvgIpc) is 2.58. The largest absolute Gasteiger partial charge is 0.346 e. The van der Waals surface area contributed by atoms with E-state index in [4.69, 9.17) is 12.2 Å². The number of anilines is 1. The highest BCUT2D eigenvalue weighted by atomic mass is 32.1. The van der Waals surface area contributed by atoms with E-state index in [0.29, 0.717) is 6.04 Å². The second kappa shape index (κ2) is 9.02. The molecule has 0 radical (unpaired) electrons. The summed E-state index contributed by atoms with van der Waals surface area (Å²) in [6.45, 7) is 8.56. The van der Waals surface area contributed by atoms with Crippen molar-refractivity contribution in [3.05, 3.63) is 29.8 Å². The fraction of sp³-hybridized carbons (Fsp3) is 0.579. The van der Waals surface area contributed by atoms with E-state index in [1.165, 1.54) is 5.56 Å². The highest BCUT2D eigenvalue weighted by Crippen LogP contribution is 2.19. The van der Waals surface area contributed by atoms with Gasteiger partial charge in [0.25, 0.3) is 0 Å². The number of rotatable bonds is 5. The Morgan fingerprint density at radius 3 is 2.46 bits per heavy atom. The smallest absolute Gasteiger partial charge is 0.219 e. The lowest BCUT2D eigenvalue weighted by molar-refractivity contribution is -0.130. The molecule has 24 heavy (non-hydrogen) atoms. The minimum absolute atomic E-state index is 0.175. The maximum Gasteiger partial charge on any atom is 0.219 e. The third-order valence-electron chi connectivity index (χ3n) is 4.67. The molecule has 0 spiro atoms. The number of hydrogen-bond donors (Lipinski definition) is 1. The first-order valence-electron chi connectivity index (χ1n) is 8.91. The number of carbonyl (C=O) groups is 1. The van der Waals surface area contributed by atoms with Crippen LogP contribution in [0.3, 0.4) is 0 Å². The zero-order valence-corrected chi connectivity index (χ0v) is 15.9. The highest BCUT2D eigenvalue weighted by Gasteiger charge is 2.26. The van der Waals surface area contributed by atoms with Gasteiger partial charge in [0.1, 0.15) is 0 Å². The van der Waals surface area contributed by atoms with Gasteiger partial charge in [-0.25, -0.2) is 0 Å². The molecule has 0 bridgehead atoms. The van der Waals surface area contributed by atoms with Crippen LogP contribution in [0.25, 0.3) is 0 Å². The lowest BCUT2D eigenvalue weighted by atomic mass is 10.0. The summed E-state index contributed by atoms with van der Waals surface area (Å²) in [6, 6.07) is 8.73. The molecular weight excluding hydrogens is 318 g/mol. The minimum atomic E-state index is 0.175. The normalized spacial score (nSPS) is 15.2. The molecule has 5 heteroatoms. The summed E-state index contributed by atoms with van der Waals surface area (Å²) >= 11 is 5.70.